The van der Waals surface area contributed by atoms with E-state index in [0.717, 1.165) is 16.9 Å². The quantitative estimate of drug-likeness (QED) is 0.334. The van der Waals surface area contributed by atoms with Gasteiger partial charge in [-0.2, -0.15) is 0 Å². The van der Waals surface area contributed by atoms with E-state index in [1.54, 1.807) is 6.07 Å². The van der Waals surface area contributed by atoms with Gasteiger partial charge in [-0.05, 0) is 48.4 Å². The van der Waals surface area contributed by atoms with E-state index < -0.39 is 11.1 Å². The van der Waals surface area contributed by atoms with Crippen LogP contribution in [0.3, 0.4) is 0 Å². The van der Waals surface area contributed by atoms with E-state index in [0.29, 0.717) is 16.6 Å². The molecule has 3 aromatic rings. The molecular formula is C24H22BrFN2O2S. The molecule has 0 radical (unpaired) electrons. The molecule has 4 nitrogen and oxygen atoms in total. The number of nitrogens with one attached hydrogen (secondary N) is 2. The molecule has 0 bridgehead atoms. The topological polar surface area (TPSA) is 58.2 Å². The summed E-state index contributed by atoms with van der Waals surface area (Å²) >= 11 is 4.56. The van der Waals surface area contributed by atoms with Gasteiger partial charge in [-0.3, -0.25) is 9.59 Å². The van der Waals surface area contributed by atoms with Crippen LogP contribution in [0.1, 0.15) is 30.6 Å². The van der Waals surface area contributed by atoms with Crippen molar-refractivity contribution in [3.8, 4) is 0 Å². The molecule has 0 aliphatic rings. The third-order valence-electron chi connectivity index (χ3n) is 4.38. The molecule has 2 N–H and O–H groups in total. The second-order valence-corrected chi connectivity index (χ2v) is 8.94. The summed E-state index contributed by atoms with van der Waals surface area (Å²) in [4.78, 5) is 25.9. The van der Waals surface area contributed by atoms with E-state index in [1.807, 2.05) is 61.5 Å². The number of carbonyl (C=O) groups excluding carboxylic acids is 2. The minimum atomic E-state index is -0.606. The molecule has 31 heavy (non-hydrogen) atoms. The van der Waals surface area contributed by atoms with Gasteiger partial charge in [0.15, 0.2) is 0 Å². The summed E-state index contributed by atoms with van der Waals surface area (Å²) in [5.74, 6) is -0.897. The summed E-state index contributed by atoms with van der Waals surface area (Å²) in [6, 6.07) is 21.2. The number of hydrogen-bond acceptors (Lipinski definition) is 3. The Morgan fingerprint density at radius 3 is 2.48 bits per heavy atom. The zero-order valence-corrected chi connectivity index (χ0v) is 19.3. The summed E-state index contributed by atoms with van der Waals surface area (Å²) in [5.41, 5.74) is 1.59. The summed E-state index contributed by atoms with van der Waals surface area (Å²) in [7, 11) is 0. The van der Waals surface area contributed by atoms with Crippen LogP contribution in [0, 0.1) is 5.82 Å². The lowest BCUT2D eigenvalue weighted by atomic mass is 10.1. The standard InChI is InChI=1S/C24H22BrFN2O2S/c1-2-7-22(29)27-18-10-6-11-19(15-18)31-23(16-8-4-3-5-9-16)24(30)28-21-13-12-17(25)14-20(21)26/h3-6,8-15,23H,2,7H2,1H3,(H,27,29)(H,28,30). The first-order valence-electron chi connectivity index (χ1n) is 9.83. The van der Waals surface area contributed by atoms with Crippen LogP contribution in [0.4, 0.5) is 15.8 Å². The second kappa shape index (κ2) is 11.1. The average molecular weight is 501 g/mol. The summed E-state index contributed by atoms with van der Waals surface area (Å²) < 4.78 is 14.8. The van der Waals surface area contributed by atoms with Crippen molar-refractivity contribution < 1.29 is 14.0 Å². The lowest BCUT2D eigenvalue weighted by Gasteiger charge is -2.18. The number of rotatable bonds is 8. The van der Waals surface area contributed by atoms with Crippen molar-refractivity contribution in [1.29, 1.82) is 0 Å². The van der Waals surface area contributed by atoms with Crippen LogP contribution in [-0.2, 0) is 9.59 Å². The van der Waals surface area contributed by atoms with Crippen molar-refractivity contribution in [2.75, 3.05) is 10.6 Å². The van der Waals surface area contributed by atoms with Crippen LogP contribution in [0.15, 0.2) is 82.2 Å². The van der Waals surface area contributed by atoms with Crippen LogP contribution < -0.4 is 10.6 Å². The van der Waals surface area contributed by atoms with E-state index in [1.165, 1.54) is 23.9 Å². The van der Waals surface area contributed by atoms with E-state index in [9.17, 15) is 14.0 Å². The number of carbonyl (C=O) groups is 2. The van der Waals surface area contributed by atoms with E-state index in [2.05, 4.69) is 26.6 Å². The Hall–Kier alpha value is -2.64. The Balaban J connectivity index is 1.83. The molecule has 0 saturated carbocycles. The van der Waals surface area contributed by atoms with Gasteiger partial charge in [-0.15, -0.1) is 11.8 Å². The van der Waals surface area contributed by atoms with Gasteiger partial charge in [-0.25, -0.2) is 4.39 Å². The Morgan fingerprint density at radius 1 is 1.00 bits per heavy atom. The first-order valence-corrected chi connectivity index (χ1v) is 11.5. The van der Waals surface area contributed by atoms with Crippen molar-refractivity contribution in [1.82, 2.24) is 0 Å². The zero-order valence-electron chi connectivity index (χ0n) is 16.9. The van der Waals surface area contributed by atoms with E-state index in [-0.39, 0.29) is 17.5 Å². The number of thioether (sulfide) groups is 1. The smallest absolute Gasteiger partial charge is 0.242 e. The van der Waals surface area contributed by atoms with Gasteiger partial charge in [0.2, 0.25) is 11.8 Å². The van der Waals surface area contributed by atoms with Gasteiger partial charge in [0.05, 0.1) is 5.69 Å². The average Bonchev–Trinajstić information content (AvgIpc) is 2.75. The molecule has 3 aromatic carbocycles. The van der Waals surface area contributed by atoms with E-state index >= 15 is 0 Å². The third kappa shape index (κ3) is 6.67. The molecule has 1 atom stereocenters. The van der Waals surface area contributed by atoms with Crippen molar-refractivity contribution in [3.63, 3.8) is 0 Å². The van der Waals surface area contributed by atoms with Crippen LogP contribution in [0.5, 0.6) is 0 Å². The monoisotopic (exact) mass is 500 g/mol. The summed E-state index contributed by atoms with van der Waals surface area (Å²) in [6.45, 7) is 1.95. The SMILES string of the molecule is CCCC(=O)Nc1cccc(SC(C(=O)Nc2ccc(Br)cc2F)c2ccccc2)c1. The highest BCUT2D eigenvalue weighted by molar-refractivity contribution is 9.10. The highest BCUT2D eigenvalue weighted by Crippen LogP contribution is 2.37. The van der Waals surface area contributed by atoms with Crippen molar-refractivity contribution in [2.45, 2.75) is 29.9 Å². The molecule has 0 aliphatic carbocycles. The fourth-order valence-electron chi connectivity index (χ4n) is 2.92. The highest BCUT2D eigenvalue weighted by atomic mass is 79.9. The van der Waals surface area contributed by atoms with Gasteiger partial charge >= 0.3 is 0 Å². The molecule has 7 heteroatoms. The predicted molar refractivity (Wildman–Crippen MR) is 128 cm³/mol. The molecule has 160 valence electrons. The van der Waals surface area contributed by atoms with Gasteiger partial charge < -0.3 is 10.6 Å². The molecule has 0 spiro atoms. The number of anilines is 2. The number of benzene rings is 3. The fourth-order valence-corrected chi connectivity index (χ4v) is 4.34. The maximum atomic E-state index is 14.2. The number of hydrogen-bond donors (Lipinski definition) is 2. The molecule has 0 saturated heterocycles. The lowest BCUT2D eigenvalue weighted by Crippen LogP contribution is -2.19. The Morgan fingerprint density at radius 2 is 1.77 bits per heavy atom. The number of amides is 2. The van der Waals surface area contributed by atoms with Gasteiger partial charge in [0, 0.05) is 21.5 Å². The molecule has 0 aliphatic heterocycles. The zero-order chi connectivity index (χ0) is 22.2. The molecule has 0 heterocycles. The minimum Gasteiger partial charge on any atom is -0.326 e. The largest absolute Gasteiger partial charge is 0.326 e. The van der Waals surface area contributed by atoms with Crippen molar-refractivity contribution in [2.24, 2.45) is 0 Å². The Kier molecular flexibility index (Phi) is 8.26. The molecule has 0 aromatic heterocycles. The van der Waals surface area contributed by atoms with Crippen LogP contribution >= 0.6 is 27.7 Å². The third-order valence-corrected chi connectivity index (χ3v) is 6.12. The Bertz CT molecular complexity index is 1060. The molecule has 0 fully saturated rings. The highest BCUT2D eigenvalue weighted by Gasteiger charge is 2.23. The van der Waals surface area contributed by atoms with Crippen LogP contribution in [-0.4, -0.2) is 11.8 Å². The van der Waals surface area contributed by atoms with Crippen molar-refractivity contribution >= 4 is 50.9 Å². The minimum absolute atomic E-state index is 0.0484. The molecule has 3 rings (SSSR count). The van der Waals surface area contributed by atoms with Crippen LogP contribution in [0.2, 0.25) is 0 Å². The summed E-state index contributed by atoms with van der Waals surface area (Å²) in [5, 5.41) is 4.96. The fraction of sp³-hybridized carbons (Fsp3) is 0.167. The van der Waals surface area contributed by atoms with Gasteiger partial charge in [0.25, 0.3) is 0 Å². The predicted octanol–water partition coefficient (Wildman–Crippen LogP) is 6.80. The summed E-state index contributed by atoms with van der Waals surface area (Å²) in [6.07, 6.45) is 1.22. The maximum absolute atomic E-state index is 14.2. The normalized spacial score (nSPS) is 11.6. The molecule has 2 amide bonds. The van der Waals surface area contributed by atoms with Gasteiger partial charge in [-0.1, -0.05) is 59.3 Å². The Labute approximate surface area is 193 Å². The van der Waals surface area contributed by atoms with Crippen LogP contribution in [0.25, 0.3) is 0 Å². The van der Waals surface area contributed by atoms with Crippen molar-refractivity contribution in [3.05, 3.63) is 88.6 Å². The second-order valence-electron chi connectivity index (χ2n) is 6.85. The first-order chi connectivity index (χ1) is 15.0. The molecular weight excluding hydrogens is 479 g/mol. The lowest BCUT2D eigenvalue weighted by molar-refractivity contribution is -0.116. The first kappa shape index (κ1) is 23.0. The molecule has 1 unspecified atom stereocenters. The van der Waals surface area contributed by atoms with E-state index in [4.69, 9.17) is 0 Å². The van der Waals surface area contributed by atoms with Gasteiger partial charge in [0.1, 0.15) is 11.1 Å². The maximum Gasteiger partial charge on any atom is 0.242 e. The number of halogens is 2.